The van der Waals surface area contributed by atoms with Gasteiger partial charge in [0.15, 0.2) is 0 Å². The quantitative estimate of drug-likeness (QED) is 0.308. The summed E-state index contributed by atoms with van der Waals surface area (Å²) in [5.41, 5.74) is 1.37. The molecule has 0 N–H and O–H groups in total. The average Bonchev–Trinajstić information content (AvgIpc) is 2.68. The molecule has 0 nitrogen and oxygen atoms in total. The van der Waals surface area contributed by atoms with Crippen LogP contribution in [0.5, 0.6) is 0 Å². The van der Waals surface area contributed by atoms with Gasteiger partial charge in [-0.25, -0.2) is 8.78 Å². The largest absolute Gasteiger partial charge is 0.207 e. The number of halogens is 6. The summed E-state index contributed by atoms with van der Waals surface area (Å²) in [5, 5.41) is 1.77. The first-order valence-corrected chi connectivity index (χ1v) is 12.1. The van der Waals surface area contributed by atoms with Gasteiger partial charge in [0, 0.05) is 26.4 Å². The molecular formula is C27H26Cl4F2. The fourth-order valence-electron chi connectivity index (χ4n) is 4.40. The minimum atomic E-state index is -1.05. The summed E-state index contributed by atoms with van der Waals surface area (Å²) < 4.78 is 29.2. The van der Waals surface area contributed by atoms with E-state index in [1.807, 2.05) is 45.9 Å². The molecule has 0 aromatic heterocycles. The summed E-state index contributed by atoms with van der Waals surface area (Å²) in [4.78, 5) is 0. The van der Waals surface area contributed by atoms with Gasteiger partial charge in [0.2, 0.25) is 0 Å². The van der Waals surface area contributed by atoms with Gasteiger partial charge in [-0.05, 0) is 52.4 Å². The third-order valence-electron chi connectivity index (χ3n) is 6.39. The Labute approximate surface area is 214 Å². The molecule has 0 aliphatic carbocycles. The second-order valence-corrected chi connectivity index (χ2v) is 11.2. The van der Waals surface area contributed by atoms with Crippen LogP contribution in [0.3, 0.4) is 0 Å². The molecule has 0 bridgehead atoms. The standard InChI is InChI=1S/C27H26Cl4F2/c1-14(2)22-18(28)12-15(13-19(22)29)26(3,4)16-10-11-17(25(31)24(16)30)27(5,6)23-20(32)8-7-9-21(23)33/h7-14H,1-6H3. The molecule has 0 spiro atoms. The molecule has 0 saturated carbocycles. The van der Waals surface area contributed by atoms with Gasteiger partial charge < -0.3 is 0 Å². The summed E-state index contributed by atoms with van der Waals surface area (Å²) in [6.07, 6.45) is 0. The molecule has 3 rings (SSSR count). The van der Waals surface area contributed by atoms with Gasteiger partial charge in [0.1, 0.15) is 11.6 Å². The lowest BCUT2D eigenvalue weighted by molar-refractivity contribution is 0.495. The van der Waals surface area contributed by atoms with Crippen molar-refractivity contribution in [2.75, 3.05) is 0 Å². The van der Waals surface area contributed by atoms with Crippen LogP contribution in [-0.2, 0) is 10.8 Å². The zero-order chi connectivity index (χ0) is 24.9. The summed E-state index contributed by atoms with van der Waals surface area (Å²) in [5.74, 6) is -1.09. The molecule has 33 heavy (non-hydrogen) atoms. The van der Waals surface area contributed by atoms with Gasteiger partial charge in [-0.2, -0.15) is 0 Å². The van der Waals surface area contributed by atoms with Gasteiger partial charge >= 0.3 is 0 Å². The molecular weight excluding hydrogens is 504 g/mol. The average molecular weight is 530 g/mol. The minimum absolute atomic E-state index is 0.0576. The van der Waals surface area contributed by atoms with Crippen LogP contribution in [0, 0.1) is 11.6 Å². The highest BCUT2D eigenvalue weighted by Gasteiger charge is 2.35. The Morgan fingerprint density at radius 3 is 1.55 bits per heavy atom. The molecule has 0 aliphatic heterocycles. The van der Waals surface area contributed by atoms with Crippen molar-refractivity contribution in [2.45, 2.75) is 58.3 Å². The van der Waals surface area contributed by atoms with Crippen molar-refractivity contribution in [1.82, 2.24) is 0 Å². The van der Waals surface area contributed by atoms with Crippen LogP contribution in [0.4, 0.5) is 8.78 Å². The monoisotopic (exact) mass is 528 g/mol. The van der Waals surface area contributed by atoms with E-state index in [4.69, 9.17) is 46.4 Å². The first kappa shape index (κ1) is 26.3. The molecule has 0 atom stereocenters. The topological polar surface area (TPSA) is 0 Å². The van der Waals surface area contributed by atoms with Crippen molar-refractivity contribution in [1.29, 1.82) is 0 Å². The lowest BCUT2D eigenvalue weighted by atomic mass is 9.74. The van der Waals surface area contributed by atoms with Crippen LogP contribution in [0.2, 0.25) is 20.1 Å². The number of hydrogen-bond donors (Lipinski definition) is 0. The van der Waals surface area contributed by atoms with E-state index < -0.39 is 22.5 Å². The highest BCUT2D eigenvalue weighted by atomic mass is 35.5. The molecule has 6 heteroatoms. The van der Waals surface area contributed by atoms with Crippen LogP contribution >= 0.6 is 46.4 Å². The minimum Gasteiger partial charge on any atom is -0.207 e. The van der Waals surface area contributed by atoms with E-state index in [-0.39, 0.29) is 16.5 Å². The Balaban J connectivity index is 2.15. The fourth-order valence-corrected chi connectivity index (χ4v) is 6.12. The van der Waals surface area contributed by atoms with E-state index in [1.165, 1.54) is 18.2 Å². The van der Waals surface area contributed by atoms with E-state index in [0.717, 1.165) is 16.7 Å². The summed E-state index contributed by atoms with van der Waals surface area (Å²) >= 11 is 26.6. The number of rotatable bonds is 5. The SMILES string of the molecule is CC(C)c1c(Cl)cc(C(C)(C)c2ccc(C(C)(C)c3c(F)cccc3F)c(Cl)c2Cl)cc1Cl. The molecule has 0 radical (unpaired) electrons. The molecule has 0 unspecified atom stereocenters. The van der Waals surface area contributed by atoms with Crippen LogP contribution in [-0.4, -0.2) is 0 Å². The fraction of sp³-hybridized carbons (Fsp3) is 0.333. The lowest BCUT2D eigenvalue weighted by Gasteiger charge is -2.32. The summed E-state index contributed by atoms with van der Waals surface area (Å²) in [6.45, 7) is 11.5. The zero-order valence-corrected chi connectivity index (χ0v) is 22.4. The third-order valence-corrected chi connectivity index (χ3v) is 7.90. The molecule has 0 aliphatic rings. The Kier molecular flexibility index (Phi) is 7.47. The van der Waals surface area contributed by atoms with E-state index in [0.29, 0.717) is 20.6 Å². The van der Waals surface area contributed by atoms with E-state index in [9.17, 15) is 8.78 Å². The lowest BCUT2D eigenvalue weighted by Crippen LogP contribution is -2.25. The second kappa shape index (κ2) is 9.38. The van der Waals surface area contributed by atoms with Gasteiger partial charge in [-0.1, -0.05) is 106 Å². The Bertz CT molecular complexity index is 1170. The maximum Gasteiger partial charge on any atom is 0.130 e. The van der Waals surface area contributed by atoms with Gasteiger partial charge in [-0.15, -0.1) is 0 Å². The third kappa shape index (κ3) is 4.65. The van der Waals surface area contributed by atoms with Crippen molar-refractivity contribution in [2.24, 2.45) is 0 Å². The normalized spacial score (nSPS) is 12.5. The van der Waals surface area contributed by atoms with Gasteiger partial charge in [0.25, 0.3) is 0 Å². The van der Waals surface area contributed by atoms with E-state index in [2.05, 4.69) is 0 Å². The van der Waals surface area contributed by atoms with E-state index >= 15 is 0 Å². The maximum atomic E-state index is 14.6. The van der Waals surface area contributed by atoms with Crippen LogP contribution < -0.4 is 0 Å². The molecule has 0 amide bonds. The highest BCUT2D eigenvalue weighted by molar-refractivity contribution is 6.43. The maximum absolute atomic E-state index is 14.6. The van der Waals surface area contributed by atoms with Gasteiger partial charge in [0.05, 0.1) is 10.0 Å². The highest BCUT2D eigenvalue weighted by Crippen LogP contribution is 2.47. The predicted molar refractivity (Wildman–Crippen MR) is 138 cm³/mol. The molecule has 0 saturated heterocycles. The molecule has 3 aromatic carbocycles. The number of benzene rings is 3. The summed E-state index contributed by atoms with van der Waals surface area (Å²) in [6, 6.07) is 11.2. The van der Waals surface area contributed by atoms with Crippen molar-refractivity contribution >= 4 is 46.4 Å². The smallest absolute Gasteiger partial charge is 0.130 e. The number of hydrogen-bond acceptors (Lipinski definition) is 0. The van der Waals surface area contributed by atoms with Crippen LogP contribution in [0.1, 0.15) is 75.3 Å². The Morgan fingerprint density at radius 2 is 1.12 bits per heavy atom. The van der Waals surface area contributed by atoms with Gasteiger partial charge in [-0.3, -0.25) is 0 Å². The zero-order valence-electron chi connectivity index (χ0n) is 19.4. The first-order valence-electron chi connectivity index (χ1n) is 10.6. The molecule has 176 valence electrons. The van der Waals surface area contributed by atoms with Crippen molar-refractivity contribution in [3.63, 3.8) is 0 Å². The van der Waals surface area contributed by atoms with Crippen molar-refractivity contribution in [3.05, 3.63) is 102 Å². The van der Waals surface area contributed by atoms with Crippen molar-refractivity contribution in [3.8, 4) is 0 Å². The molecule has 3 aromatic rings. The molecule has 0 fully saturated rings. The second-order valence-electron chi connectivity index (χ2n) is 9.64. The van der Waals surface area contributed by atoms with Crippen molar-refractivity contribution < 1.29 is 8.78 Å². The Morgan fingerprint density at radius 1 is 0.697 bits per heavy atom. The summed E-state index contributed by atoms with van der Waals surface area (Å²) in [7, 11) is 0. The van der Waals surface area contributed by atoms with Crippen LogP contribution in [0.15, 0.2) is 42.5 Å². The van der Waals surface area contributed by atoms with E-state index in [1.54, 1.807) is 19.9 Å². The first-order chi connectivity index (χ1) is 15.2. The predicted octanol–water partition coefficient (Wildman–Crippen LogP) is 10.4. The Hall–Kier alpha value is -1.32. The molecule has 0 heterocycles. The van der Waals surface area contributed by atoms with Crippen LogP contribution in [0.25, 0.3) is 0 Å².